The zero-order valence-corrected chi connectivity index (χ0v) is 13.7. The van der Waals surface area contributed by atoms with Crippen LogP contribution in [0.1, 0.15) is 6.92 Å². The monoisotopic (exact) mass is 350 g/mol. The van der Waals surface area contributed by atoms with E-state index in [4.69, 9.17) is 21.1 Å². The number of nitrogens with one attached hydrogen (secondary N) is 1. The maximum atomic E-state index is 12.3. The fourth-order valence-corrected chi connectivity index (χ4v) is 2.14. The molecule has 0 heterocycles. The second kappa shape index (κ2) is 7.65. The second-order valence-corrected chi connectivity index (χ2v) is 5.26. The van der Waals surface area contributed by atoms with E-state index in [1.54, 1.807) is 18.2 Å². The first kappa shape index (κ1) is 17.6. The van der Waals surface area contributed by atoms with E-state index < -0.39 is 16.9 Å². The van der Waals surface area contributed by atoms with Crippen LogP contribution in [0.2, 0.25) is 5.02 Å². The summed E-state index contributed by atoms with van der Waals surface area (Å²) >= 11 is 5.91. The number of rotatable bonds is 6. The smallest absolute Gasteiger partial charge is 0.310 e. The molecule has 0 aliphatic rings. The lowest BCUT2D eigenvalue weighted by Crippen LogP contribution is -2.30. The average molecular weight is 351 g/mol. The zero-order valence-electron chi connectivity index (χ0n) is 13.0. The van der Waals surface area contributed by atoms with Gasteiger partial charge in [0, 0.05) is 11.1 Å². The number of nitro benzene ring substituents is 1. The zero-order chi connectivity index (χ0) is 17.7. The van der Waals surface area contributed by atoms with E-state index in [0.29, 0.717) is 16.5 Å². The maximum Gasteiger partial charge on any atom is 0.310 e. The molecular formula is C16H15ClN2O5. The number of hydrogen-bond donors (Lipinski definition) is 1. The molecule has 0 saturated heterocycles. The van der Waals surface area contributed by atoms with Crippen LogP contribution in [0.5, 0.6) is 11.5 Å². The summed E-state index contributed by atoms with van der Waals surface area (Å²) in [6.07, 6.45) is -0.963. The first-order chi connectivity index (χ1) is 11.4. The van der Waals surface area contributed by atoms with Crippen molar-refractivity contribution in [2.45, 2.75) is 13.0 Å². The van der Waals surface area contributed by atoms with Crippen molar-refractivity contribution in [2.24, 2.45) is 0 Å². The fraction of sp³-hybridized carbons (Fsp3) is 0.188. The van der Waals surface area contributed by atoms with Gasteiger partial charge in [-0.3, -0.25) is 14.9 Å². The third-order valence-electron chi connectivity index (χ3n) is 3.15. The number of para-hydroxylation sites is 2. The maximum absolute atomic E-state index is 12.3. The minimum atomic E-state index is -0.963. The molecule has 7 nitrogen and oxygen atoms in total. The predicted octanol–water partition coefficient (Wildman–Crippen LogP) is 3.66. The molecule has 0 saturated carbocycles. The number of carbonyl (C=O) groups is 1. The van der Waals surface area contributed by atoms with Gasteiger partial charge in [-0.1, -0.05) is 23.7 Å². The van der Waals surface area contributed by atoms with E-state index in [0.717, 1.165) is 0 Å². The van der Waals surface area contributed by atoms with Gasteiger partial charge in [-0.05, 0) is 31.2 Å². The van der Waals surface area contributed by atoms with Gasteiger partial charge in [-0.25, -0.2) is 0 Å². The quantitative estimate of drug-likeness (QED) is 0.634. The van der Waals surface area contributed by atoms with Crippen molar-refractivity contribution in [3.63, 3.8) is 0 Å². The van der Waals surface area contributed by atoms with Gasteiger partial charge < -0.3 is 14.8 Å². The molecule has 0 aliphatic carbocycles. The molecule has 0 fully saturated rings. The number of benzene rings is 2. The Labute approximate surface area is 143 Å². The molecular weight excluding hydrogens is 336 g/mol. The van der Waals surface area contributed by atoms with Crippen LogP contribution in [0.4, 0.5) is 11.4 Å². The van der Waals surface area contributed by atoms with Crippen LogP contribution >= 0.6 is 11.6 Å². The van der Waals surface area contributed by atoms with Crippen molar-refractivity contribution in [1.82, 2.24) is 0 Å². The van der Waals surface area contributed by atoms with Crippen LogP contribution in [-0.2, 0) is 4.79 Å². The molecule has 2 rings (SSSR count). The van der Waals surface area contributed by atoms with Gasteiger partial charge in [0.2, 0.25) is 0 Å². The number of methoxy groups -OCH3 is 1. The first-order valence-electron chi connectivity index (χ1n) is 6.97. The van der Waals surface area contributed by atoms with E-state index >= 15 is 0 Å². The summed E-state index contributed by atoms with van der Waals surface area (Å²) in [6, 6.07) is 10.6. The number of nitro groups is 1. The minimum absolute atomic E-state index is 0.0169. The summed E-state index contributed by atoms with van der Waals surface area (Å²) in [5.74, 6) is -0.0393. The van der Waals surface area contributed by atoms with E-state index in [9.17, 15) is 14.9 Å². The predicted molar refractivity (Wildman–Crippen MR) is 89.8 cm³/mol. The highest BCUT2D eigenvalue weighted by atomic mass is 35.5. The Morgan fingerprint density at radius 3 is 2.62 bits per heavy atom. The van der Waals surface area contributed by atoms with Gasteiger partial charge in [0.15, 0.2) is 11.9 Å². The van der Waals surface area contributed by atoms with E-state index in [1.807, 2.05) is 0 Å². The van der Waals surface area contributed by atoms with Gasteiger partial charge in [0.25, 0.3) is 5.91 Å². The van der Waals surface area contributed by atoms with Gasteiger partial charge in [0.05, 0.1) is 17.7 Å². The third-order valence-corrected chi connectivity index (χ3v) is 3.39. The van der Waals surface area contributed by atoms with Crippen molar-refractivity contribution in [1.29, 1.82) is 0 Å². The number of anilines is 1. The first-order valence-corrected chi connectivity index (χ1v) is 7.34. The van der Waals surface area contributed by atoms with Crippen molar-refractivity contribution in [3.05, 3.63) is 57.6 Å². The molecule has 8 heteroatoms. The molecule has 2 aromatic rings. The molecule has 24 heavy (non-hydrogen) atoms. The number of ether oxygens (including phenoxy) is 2. The topological polar surface area (TPSA) is 90.7 Å². The lowest BCUT2D eigenvalue weighted by atomic mass is 10.2. The van der Waals surface area contributed by atoms with Gasteiger partial charge in [-0.15, -0.1) is 0 Å². The third kappa shape index (κ3) is 4.14. The molecule has 126 valence electrons. The van der Waals surface area contributed by atoms with Crippen molar-refractivity contribution >= 4 is 28.9 Å². The number of nitrogens with zero attached hydrogens (tertiary/aromatic N) is 1. The Morgan fingerprint density at radius 2 is 1.96 bits per heavy atom. The van der Waals surface area contributed by atoms with Crippen molar-refractivity contribution in [3.8, 4) is 11.5 Å². The molecule has 1 atom stereocenters. The summed E-state index contributed by atoms with van der Waals surface area (Å²) < 4.78 is 10.6. The Kier molecular flexibility index (Phi) is 5.59. The van der Waals surface area contributed by atoms with Crippen LogP contribution in [0, 0.1) is 10.1 Å². The molecule has 0 bridgehead atoms. The van der Waals surface area contributed by atoms with Crippen molar-refractivity contribution in [2.75, 3.05) is 12.4 Å². The molecule has 1 N–H and O–H groups in total. The Morgan fingerprint density at radius 1 is 1.25 bits per heavy atom. The Bertz CT molecular complexity index is 766. The number of hydrogen-bond acceptors (Lipinski definition) is 5. The molecule has 0 unspecified atom stereocenters. The fourth-order valence-electron chi connectivity index (χ4n) is 1.96. The molecule has 0 spiro atoms. The SMILES string of the molecule is COc1ccc(Cl)cc1NC(=O)[C@@H](C)Oc1ccccc1[N+](=O)[O-]. The van der Waals surface area contributed by atoms with Gasteiger partial charge in [-0.2, -0.15) is 0 Å². The largest absolute Gasteiger partial charge is 0.495 e. The number of amides is 1. The van der Waals surface area contributed by atoms with E-state index in [-0.39, 0.29) is 11.4 Å². The van der Waals surface area contributed by atoms with Crippen molar-refractivity contribution < 1.29 is 19.2 Å². The van der Waals surface area contributed by atoms with Crippen LogP contribution in [0.15, 0.2) is 42.5 Å². The lowest BCUT2D eigenvalue weighted by molar-refractivity contribution is -0.386. The number of carbonyl (C=O) groups excluding carboxylic acids is 1. The van der Waals surface area contributed by atoms with Gasteiger partial charge in [0.1, 0.15) is 5.75 Å². The summed E-state index contributed by atoms with van der Waals surface area (Å²) in [4.78, 5) is 22.7. The second-order valence-electron chi connectivity index (χ2n) is 4.82. The Hall–Kier alpha value is -2.80. The normalized spacial score (nSPS) is 11.5. The van der Waals surface area contributed by atoms with Gasteiger partial charge >= 0.3 is 5.69 Å². The molecule has 2 aromatic carbocycles. The van der Waals surface area contributed by atoms with E-state index in [2.05, 4.69) is 5.32 Å². The summed E-state index contributed by atoms with van der Waals surface area (Å²) in [5, 5.41) is 14.0. The highest BCUT2D eigenvalue weighted by Crippen LogP contribution is 2.29. The highest BCUT2D eigenvalue weighted by molar-refractivity contribution is 6.31. The molecule has 0 radical (unpaired) electrons. The summed E-state index contributed by atoms with van der Waals surface area (Å²) in [6.45, 7) is 1.49. The minimum Gasteiger partial charge on any atom is -0.495 e. The van der Waals surface area contributed by atoms with Crippen LogP contribution in [-0.4, -0.2) is 24.0 Å². The Balaban J connectivity index is 2.14. The molecule has 0 aromatic heterocycles. The number of halogens is 1. The van der Waals surface area contributed by atoms with Crippen LogP contribution in [0.3, 0.4) is 0 Å². The van der Waals surface area contributed by atoms with Crippen LogP contribution < -0.4 is 14.8 Å². The highest BCUT2D eigenvalue weighted by Gasteiger charge is 2.21. The molecule has 0 aliphatic heterocycles. The summed E-state index contributed by atoms with van der Waals surface area (Å²) in [7, 11) is 1.46. The lowest BCUT2D eigenvalue weighted by Gasteiger charge is -2.16. The summed E-state index contributed by atoms with van der Waals surface area (Å²) in [5.41, 5.74) is 0.172. The molecule has 1 amide bonds. The standard InChI is InChI=1S/C16H15ClN2O5/c1-10(24-15-6-4-3-5-13(15)19(21)22)16(20)18-12-9-11(17)7-8-14(12)23-2/h3-10H,1-2H3,(H,18,20)/t10-/m1/s1. The average Bonchev–Trinajstić information content (AvgIpc) is 2.55. The van der Waals surface area contributed by atoms with Crippen LogP contribution in [0.25, 0.3) is 0 Å². The van der Waals surface area contributed by atoms with E-state index in [1.165, 1.54) is 38.3 Å².